The molecule has 0 bridgehead atoms. The number of hydrogen-bond acceptors (Lipinski definition) is 4. The summed E-state index contributed by atoms with van der Waals surface area (Å²) in [5.41, 5.74) is -0.495. The molecule has 1 saturated heterocycles. The molecule has 1 fully saturated rings. The monoisotopic (exact) mass is 226 g/mol. The summed E-state index contributed by atoms with van der Waals surface area (Å²) in [6.07, 6.45) is -0.448. The zero-order valence-electron chi connectivity index (χ0n) is 9.95. The second-order valence-electron chi connectivity index (χ2n) is 4.92. The lowest BCUT2D eigenvalue weighted by Crippen LogP contribution is -2.36. The van der Waals surface area contributed by atoms with Gasteiger partial charge in [-0.15, -0.1) is 0 Å². The molecule has 90 valence electrons. The lowest BCUT2D eigenvalue weighted by molar-refractivity contribution is 0.0516. The maximum atomic E-state index is 11.4. The van der Waals surface area contributed by atoms with Crippen LogP contribution in [-0.4, -0.2) is 31.5 Å². The molecule has 5 heteroatoms. The van der Waals surface area contributed by atoms with Crippen LogP contribution in [0.2, 0.25) is 0 Å². The molecule has 1 aliphatic rings. The van der Waals surface area contributed by atoms with E-state index in [-0.39, 0.29) is 11.8 Å². The van der Waals surface area contributed by atoms with Gasteiger partial charge in [0.15, 0.2) is 0 Å². The summed E-state index contributed by atoms with van der Waals surface area (Å²) in [5.74, 6) is -0.0625. The Morgan fingerprint density at radius 1 is 1.56 bits per heavy atom. The van der Waals surface area contributed by atoms with Gasteiger partial charge in [0.05, 0.1) is 25.2 Å². The number of carbonyl (C=O) groups is 1. The van der Waals surface area contributed by atoms with Crippen LogP contribution in [0.3, 0.4) is 0 Å². The maximum Gasteiger partial charge on any atom is 0.407 e. The number of nitriles is 1. The Labute approximate surface area is 95.7 Å². The van der Waals surface area contributed by atoms with E-state index in [9.17, 15) is 4.79 Å². The van der Waals surface area contributed by atoms with Crippen LogP contribution < -0.4 is 5.32 Å². The van der Waals surface area contributed by atoms with Crippen LogP contribution in [0.4, 0.5) is 4.79 Å². The molecule has 2 atom stereocenters. The minimum absolute atomic E-state index is 0.0671. The van der Waals surface area contributed by atoms with Gasteiger partial charge in [-0.3, -0.25) is 0 Å². The van der Waals surface area contributed by atoms with Crippen LogP contribution in [0.5, 0.6) is 0 Å². The van der Waals surface area contributed by atoms with Gasteiger partial charge in [0.1, 0.15) is 5.60 Å². The minimum Gasteiger partial charge on any atom is -0.444 e. The molecule has 1 aliphatic heterocycles. The normalized spacial score (nSPS) is 24.9. The Morgan fingerprint density at radius 3 is 2.81 bits per heavy atom. The molecule has 16 heavy (non-hydrogen) atoms. The predicted octanol–water partition coefficient (Wildman–Crippen LogP) is 1.30. The van der Waals surface area contributed by atoms with Gasteiger partial charge in [0, 0.05) is 12.5 Å². The smallest absolute Gasteiger partial charge is 0.407 e. The third kappa shape index (κ3) is 4.07. The molecule has 5 nitrogen and oxygen atoms in total. The van der Waals surface area contributed by atoms with E-state index in [4.69, 9.17) is 14.7 Å². The predicted molar refractivity (Wildman–Crippen MR) is 57.6 cm³/mol. The lowest BCUT2D eigenvalue weighted by atomic mass is 9.98. The van der Waals surface area contributed by atoms with Crippen molar-refractivity contribution in [3.05, 3.63) is 0 Å². The van der Waals surface area contributed by atoms with Gasteiger partial charge in [-0.2, -0.15) is 5.26 Å². The first kappa shape index (κ1) is 12.8. The van der Waals surface area contributed by atoms with E-state index in [1.54, 1.807) is 0 Å². The van der Waals surface area contributed by atoms with Crippen LogP contribution in [-0.2, 0) is 9.47 Å². The van der Waals surface area contributed by atoms with Crippen molar-refractivity contribution < 1.29 is 14.3 Å². The number of nitrogens with one attached hydrogen (secondary N) is 1. The van der Waals surface area contributed by atoms with Crippen molar-refractivity contribution in [1.82, 2.24) is 5.32 Å². The first-order valence-corrected chi connectivity index (χ1v) is 5.36. The molecule has 0 aliphatic carbocycles. The average molecular weight is 226 g/mol. The van der Waals surface area contributed by atoms with Crippen molar-refractivity contribution in [3.8, 4) is 6.07 Å². The van der Waals surface area contributed by atoms with Crippen molar-refractivity contribution >= 4 is 6.09 Å². The van der Waals surface area contributed by atoms with Crippen molar-refractivity contribution in [2.45, 2.75) is 26.4 Å². The zero-order chi connectivity index (χ0) is 12.2. The number of nitrogens with zero attached hydrogens (tertiary/aromatic N) is 1. The highest BCUT2D eigenvalue weighted by Crippen LogP contribution is 2.19. The van der Waals surface area contributed by atoms with Crippen LogP contribution in [0, 0.1) is 23.2 Å². The average Bonchev–Trinajstić information content (AvgIpc) is 2.59. The van der Waals surface area contributed by atoms with E-state index >= 15 is 0 Å². The molecule has 0 saturated carbocycles. The Bertz CT molecular complexity index is 291. The van der Waals surface area contributed by atoms with E-state index < -0.39 is 11.7 Å². The van der Waals surface area contributed by atoms with Crippen molar-refractivity contribution in [2.24, 2.45) is 11.8 Å². The fraction of sp³-hybridized carbons (Fsp3) is 0.818. The van der Waals surface area contributed by atoms with Gasteiger partial charge < -0.3 is 14.8 Å². The SMILES string of the molecule is CC(C)(C)OC(=O)NC[C@@H]1COC[C@@H]1C#N. The minimum atomic E-state index is -0.495. The van der Waals surface area contributed by atoms with E-state index in [2.05, 4.69) is 11.4 Å². The van der Waals surface area contributed by atoms with Gasteiger partial charge in [0.25, 0.3) is 0 Å². The zero-order valence-corrected chi connectivity index (χ0v) is 9.95. The number of rotatable bonds is 2. The summed E-state index contributed by atoms with van der Waals surface area (Å²) in [7, 11) is 0. The molecule has 1 rings (SSSR count). The van der Waals surface area contributed by atoms with Gasteiger partial charge in [-0.05, 0) is 20.8 Å². The standard InChI is InChI=1S/C11H18N2O3/c1-11(2,3)16-10(14)13-5-9-7-15-6-8(9)4-12/h8-9H,5-7H2,1-3H3,(H,13,14)/t8-,9+/m0/s1. The third-order valence-electron chi connectivity index (χ3n) is 2.27. The largest absolute Gasteiger partial charge is 0.444 e. The van der Waals surface area contributed by atoms with Crippen LogP contribution in [0.1, 0.15) is 20.8 Å². The van der Waals surface area contributed by atoms with Crippen LogP contribution in [0.25, 0.3) is 0 Å². The number of ether oxygens (including phenoxy) is 2. The first-order valence-electron chi connectivity index (χ1n) is 5.36. The molecule has 1 heterocycles. The quantitative estimate of drug-likeness (QED) is 0.770. The fourth-order valence-corrected chi connectivity index (χ4v) is 1.47. The fourth-order valence-electron chi connectivity index (χ4n) is 1.47. The Balaban J connectivity index is 2.30. The molecule has 1 N–H and O–H groups in total. The summed E-state index contributed by atoms with van der Waals surface area (Å²) in [5, 5.41) is 11.5. The lowest BCUT2D eigenvalue weighted by Gasteiger charge is -2.20. The van der Waals surface area contributed by atoms with Crippen molar-refractivity contribution in [3.63, 3.8) is 0 Å². The molecule has 0 aromatic heterocycles. The Morgan fingerprint density at radius 2 is 2.25 bits per heavy atom. The molecular weight excluding hydrogens is 208 g/mol. The second-order valence-corrected chi connectivity index (χ2v) is 4.92. The van der Waals surface area contributed by atoms with Crippen molar-refractivity contribution in [2.75, 3.05) is 19.8 Å². The van der Waals surface area contributed by atoms with Gasteiger partial charge in [0.2, 0.25) is 0 Å². The highest BCUT2D eigenvalue weighted by Gasteiger charge is 2.28. The van der Waals surface area contributed by atoms with E-state index in [1.807, 2.05) is 20.8 Å². The number of alkyl carbamates (subject to hydrolysis) is 1. The van der Waals surface area contributed by atoms with E-state index in [0.29, 0.717) is 19.8 Å². The third-order valence-corrected chi connectivity index (χ3v) is 2.27. The summed E-state index contributed by atoms with van der Waals surface area (Å²) in [4.78, 5) is 11.4. The van der Waals surface area contributed by atoms with Crippen molar-refractivity contribution in [1.29, 1.82) is 5.26 Å². The second kappa shape index (κ2) is 5.17. The topological polar surface area (TPSA) is 71.3 Å². The number of carbonyl (C=O) groups excluding carboxylic acids is 1. The molecular formula is C11H18N2O3. The van der Waals surface area contributed by atoms with Gasteiger partial charge in [-0.25, -0.2) is 4.79 Å². The van der Waals surface area contributed by atoms with Gasteiger partial charge >= 0.3 is 6.09 Å². The van der Waals surface area contributed by atoms with E-state index in [0.717, 1.165) is 0 Å². The molecule has 0 aromatic carbocycles. The highest BCUT2D eigenvalue weighted by atomic mass is 16.6. The molecule has 0 spiro atoms. The van der Waals surface area contributed by atoms with E-state index in [1.165, 1.54) is 0 Å². The first-order chi connectivity index (χ1) is 7.42. The molecule has 0 unspecified atom stereocenters. The molecule has 1 amide bonds. The van der Waals surface area contributed by atoms with Crippen LogP contribution in [0.15, 0.2) is 0 Å². The number of amides is 1. The molecule has 0 radical (unpaired) electrons. The van der Waals surface area contributed by atoms with Crippen LogP contribution >= 0.6 is 0 Å². The summed E-state index contributed by atoms with van der Waals surface area (Å²) >= 11 is 0. The summed E-state index contributed by atoms with van der Waals surface area (Å²) < 4.78 is 10.3. The molecule has 0 aromatic rings. The maximum absolute atomic E-state index is 11.4. The Kier molecular flexibility index (Phi) is 4.13. The highest BCUT2D eigenvalue weighted by molar-refractivity contribution is 5.67. The summed E-state index contributed by atoms with van der Waals surface area (Å²) in [6, 6.07) is 2.17. The Hall–Kier alpha value is -1.28. The number of hydrogen-bond donors (Lipinski definition) is 1. The van der Waals surface area contributed by atoms with Gasteiger partial charge in [-0.1, -0.05) is 0 Å². The summed E-state index contributed by atoms with van der Waals surface area (Å²) in [6.45, 7) is 6.83.